The second kappa shape index (κ2) is 78.4. The SMILES string of the molecule is CC.CC.CC.CC.[CH-]=CC=NCCCN=CC=[CH-].[Pt+2]. The molecule has 0 aromatic heterocycles. The van der Waals surface area contributed by atoms with Crippen molar-refractivity contribution in [3.05, 3.63) is 25.3 Å². The summed E-state index contributed by atoms with van der Waals surface area (Å²) < 4.78 is 0. The Morgan fingerprint density at radius 2 is 0.900 bits per heavy atom. The van der Waals surface area contributed by atoms with Gasteiger partial charge in [-0.15, -0.1) is 12.4 Å². The van der Waals surface area contributed by atoms with Crippen LogP contribution in [0.4, 0.5) is 0 Å². The van der Waals surface area contributed by atoms with Gasteiger partial charge in [-0.3, -0.25) is 13.2 Å². The van der Waals surface area contributed by atoms with Crippen molar-refractivity contribution >= 4 is 12.4 Å². The van der Waals surface area contributed by atoms with E-state index in [0.717, 1.165) is 19.5 Å². The maximum absolute atomic E-state index is 5.07. The van der Waals surface area contributed by atoms with Gasteiger partial charge >= 0.3 is 21.1 Å². The molecule has 0 spiro atoms. The molecule has 0 aromatic rings. The smallest absolute Gasteiger partial charge is 0.386 e. The molecule has 2 nitrogen and oxygen atoms in total. The first kappa shape index (κ1) is 36.6. The van der Waals surface area contributed by atoms with E-state index in [1.54, 1.807) is 12.4 Å². The van der Waals surface area contributed by atoms with Crippen LogP contribution >= 0.6 is 0 Å². The summed E-state index contributed by atoms with van der Waals surface area (Å²) in [6, 6.07) is 0. The maximum atomic E-state index is 5.07. The van der Waals surface area contributed by atoms with E-state index in [2.05, 4.69) is 9.98 Å². The molecule has 0 saturated carbocycles. The van der Waals surface area contributed by atoms with E-state index in [1.807, 2.05) is 55.4 Å². The molecule has 124 valence electrons. The zero-order valence-corrected chi connectivity index (χ0v) is 17.1. The largest absolute Gasteiger partial charge is 2.00 e. The first-order chi connectivity index (χ1) is 9.41. The van der Waals surface area contributed by atoms with E-state index < -0.39 is 0 Å². The van der Waals surface area contributed by atoms with Crippen molar-refractivity contribution in [2.24, 2.45) is 9.98 Å². The molecule has 0 unspecified atom stereocenters. The van der Waals surface area contributed by atoms with Crippen LogP contribution in [-0.2, 0) is 21.1 Å². The number of aliphatic imine (C=N–C) groups is 2. The molecule has 0 radical (unpaired) electrons. The number of allylic oxidation sites excluding steroid dienone is 2. The van der Waals surface area contributed by atoms with Crippen LogP contribution in [-0.4, -0.2) is 25.5 Å². The number of hydrogen-bond acceptors (Lipinski definition) is 2. The third-order valence-electron chi connectivity index (χ3n) is 0.957. The van der Waals surface area contributed by atoms with Crippen molar-refractivity contribution < 1.29 is 21.1 Å². The Morgan fingerprint density at radius 1 is 0.650 bits per heavy atom. The fourth-order valence-corrected chi connectivity index (χ4v) is 0.524. The summed E-state index contributed by atoms with van der Waals surface area (Å²) in [6.45, 7) is 27.7. The summed E-state index contributed by atoms with van der Waals surface area (Å²) in [6.07, 6.45) is 6.92. The molecule has 0 heterocycles. The number of nitrogens with zero attached hydrogens (tertiary/aromatic N) is 2. The molecular formula is C17H36N2Pt. The molecule has 0 aliphatic rings. The first-order valence-electron chi connectivity index (χ1n) is 7.48. The maximum Gasteiger partial charge on any atom is 2.00 e. The normalized spacial score (nSPS) is 7.20. The Kier molecular flexibility index (Phi) is 144. The monoisotopic (exact) mass is 463 g/mol. The summed E-state index contributed by atoms with van der Waals surface area (Å²) in [5, 5.41) is 0. The molecule has 0 aliphatic heterocycles. The van der Waals surface area contributed by atoms with Gasteiger partial charge in [0.05, 0.1) is 0 Å². The van der Waals surface area contributed by atoms with Gasteiger partial charge in [-0.2, -0.15) is 0 Å². The molecule has 0 rings (SSSR count). The summed E-state index contributed by atoms with van der Waals surface area (Å²) in [7, 11) is 0. The Morgan fingerprint density at radius 3 is 1.10 bits per heavy atom. The summed E-state index contributed by atoms with van der Waals surface area (Å²) in [5.41, 5.74) is 0. The molecule has 0 amide bonds. The van der Waals surface area contributed by atoms with Crippen LogP contribution in [0.3, 0.4) is 0 Å². The Hall–Kier alpha value is -0.492. The van der Waals surface area contributed by atoms with Crippen molar-refractivity contribution in [1.82, 2.24) is 0 Å². The molecular weight excluding hydrogens is 427 g/mol. The van der Waals surface area contributed by atoms with Gasteiger partial charge in [0, 0.05) is 13.1 Å². The van der Waals surface area contributed by atoms with E-state index in [4.69, 9.17) is 13.2 Å². The Labute approximate surface area is 143 Å². The molecule has 0 aromatic carbocycles. The van der Waals surface area contributed by atoms with Gasteiger partial charge in [0.25, 0.3) is 0 Å². The predicted octanol–water partition coefficient (Wildman–Crippen LogP) is 5.60. The van der Waals surface area contributed by atoms with Crippen LogP contribution in [0.5, 0.6) is 0 Å². The van der Waals surface area contributed by atoms with Crippen LogP contribution < -0.4 is 0 Å². The van der Waals surface area contributed by atoms with E-state index in [-0.39, 0.29) is 21.1 Å². The zero-order valence-electron chi connectivity index (χ0n) is 14.8. The first-order valence-corrected chi connectivity index (χ1v) is 7.48. The number of rotatable bonds is 6. The van der Waals surface area contributed by atoms with E-state index >= 15 is 0 Å². The summed E-state index contributed by atoms with van der Waals surface area (Å²) in [5.74, 6) is 0. The van der Waals surface area contributed by atoms with Crippen molar-refractivity contribution in [2.75, 3.05) is 13.1 Å². The van der Waals surface area contributed by atoms with Gasteiger partial charge in [-0.1, -0.05) is 55.4 Å². The van der Waals surface area contributed by atoms with Crippen LogP contribution in [0.1, 0.15) is 61.8 Å². The average Bonchev–Trinajstić information content (AvgIpc) is 2.54. The van der Waals surface area contributed by atoms with Crippen LogP contribution in [0.25, 0.3) is 0 Å². The predicted molar refractivity (Wildman–Crippen MR) is 94.5 cm³/mol. The second-order valence-electron chi connectivity index (χ2n) is 1.85. The Bertz CT molecular complexity index is 146. The minimum Gasteiger partial charge on any atom is -0.386 e. The zero-order chi connectivity index (χ0) is 16.4. The molecule has 0 atom stereocenters. The van der Waals surface area contributed by atoms with Crippen LogP contribution in [0, 0.1) is 13.2 Å². The fourth-order valence-electron chi connectivity index (χ4n) is 0.524. The fraction of sp³-hybridized carbons (Fsp3) is 0.647. The molecule has 0 N–H and O–H groups in total. The summed E-state index contributed by atoms with van der Waals surface area (Å²) in [4.78, 5) is 7.93. The van der Waals surface area contributed by atoms with Gasteiger partial charge in [0.1, 0.15) is 0 Å². The van der Waals surface area contributed by atoms with Gasteiger partial charge in [0.2, 0.25) is 0 Å². The van der Waals surface area contributed by atoms with Crippen molar-refractivity contribution in [1.29, 1.82) is 0 Å². The minimum atomic E-state index is 0. The van der Waals surface area contributed by atoms with Gasteiger partial charge < -0.3 is 9.98 Å². The third kappa shape index (κ3) is 84.6. The molecule has 0 fully saturated rings. The third-order valence-corrected chi connectivity index (χ3v) is 0.957. The van der Waals surface area contributed by atoms with Crippen LogP contribution in [0.15, 0.2) is 22.1 Å². The molecule has 0 saturated heterocycles. The van der Waals surface area contributed by atoms with E-state index in [1.165, 1.54) is 12.2 Å². The molecule has 20 heavy (non-hydrogen) atoms. The standard InChI is InChI=1S/C9H12N2.4C2H6.Pt/c1-3-6-10-8-5-9-11-7-4-2;4*1-2;/h1-4,6-7H,5,8-9H2;4*1-2H3;/q-2;;;;;+2. The quantitative estimate of drug-likeness (QED) is 0.278. The van der Waals surface area contributed by atoms with Gasteiger partial charge in [0.15, 0.2) is 0 Å². The molecule has 0 bridgehead atoms. The van der Waals surface area contributed by atoms with E-state index in [0.29, 0.717) is 0 Å². The minimum absolute atomic E-state index is 0. The molecule has 0 aliphatic carbocycles. The van der Waals surface area contributed by atoms with Crippen molar-refractivity contribution in [3.8, 4) is 0 Å². The van der Waals surface area contributed by atoms with Gasteiger partial charge in [-0.05, 0) is 6.42 Å². The Balaban J connectivity index is -0.0000000467. The van der Waals surface area contributed by atoms with E-state index in [9.17, 15) is 0 Å². The summed E-state index contributed by atoms with van der Waals surface area (Å²) >= 11 is 0. The van der Waals surface area contributed by atoms with Crippen molar-refractivity contribution in [2.45, 2.75) is 61.8 Å². The van der Waals surface area contributed by atoms with Gasteiger partial charge in [-0.25, -0.2) is 12.2 Å². The molecule has 3 heteroatoms. The second-order valence-corrected chi connectivity index (χ2v) is 1.85. The number of hydrogen-bond donors (Lipinski definition) is 0. The van der Waals surface area contributed by atoms with Crippen LogP contribution in [0.2, 0.25) is 0 Å². The topological polar surface area (TPSA) is 24.7 Å². The van der Waals surface area contributed by atoms with Crippen molar-refractivity contribution in [3.63, 3.8) is 0 Å². The average molecular weight is 464 g/mol.